The maximum Gasteiger partial charge on any atom is 0.416 e. The van der Waals surface area contributed by atoms with Crippen molar-refractivity contribution in [1.29, 1.82) is 0 Å². The molecule has 0 saturated carbocycles. The highest BCUT2D eigenvalue weighted by atomic mass is 19.4. The molecule has 3 rings (SSSR count). The van der Waals surface area contributed by atoms with Gasteiger partial charge in [0.05, 0.1) is 11.1 Å². The summed E-state index contributed by atoms with van der Waals surface area (Å²) in [7, 11) is 0. The van der Waals surface area contributed by atoms with E-state index in [0.717, 1.165) is 12.5 Å². The van der Waals surface area contributed by atoms with Crippen molar-refractivity contribution in [2.45, 2.75) is 19.5 Å². The molecule has 0 aliphatic carbocycles. The van der Waals surface area contributed by atoms with Gasteiger partial charge in [-0.2, -0.15) is 13.2 Å². The molecule has 1 aliphatic heterocycles. The number of nitrogens with one attached hydrogen (secondary N) is 1. The molecule has 1 saturated heterocycles. The fourth-order valence-corrected chi connectivity index (χ4v) is 3.63. The second kappa shape index (κ2) is 11.7. The summed E-state index contributed by atoms with van der Waals surface area (Å²) in [4.78, 5) is 19.9. The second-order valence-electron chi connectivity index (χ2n) is 7.79. The number of guanidine groups is 1. The van der Waals surface area contributed by atoms with E-state index in [1.54, 1.807) is 18.2 Å². The van der Waals surface area contributed by atoms with Crippen LogP contribution in [-0.2, 0) is 10.9 Å². The number of aromatic carboxylic acids is 1. The SMILES string of the molecule is CCOCCCN=C(Nc1cccc(C(=O)O)c1)N1CCN(c2cccc(C(F)(F)F)c2)CC1. The molecule has 1 aliphatic rings. The van der Waals surface area contributed by atoms with E-state index in [4.69, 9.17) is 4.74 Å². The number of nitrogens with zero attached hydrogens (tertiary/aromatic N) is 3. The normalized spacial score (nSPS) is 14.9. The monoisotopic (exact) mass is 478 g/mol. The molecule has 1 heterocycles. The van der Waals surface area contributed by atoms with Gasteiger partial charge in [0.15, 0.2) is 5.96 Å². The number of aliphatic imine (C=N–C) groups is 1. The molecule has 2 aromatic rings. The molecular weight excluding hydrogens is 449 g/mol. The van der Waals surface area contributed by atoms with Gasteiger partial charge in [-0.15, -0.1) is 0 Å². The number of ether oxygens (including phenoxy) is 1. The van der Waals surface area contributed by atoms with E-state index in [1.165, 1.54) is 24.3 Å². The van der Waals surface area contributed by atoms with Crippen LogP contribution in [0, 0.1) is 0 Å². The minimum Gasteiger partial charge on any atom is -0.478 e. The van der Waals surface area contributed by atoms with Gasteiger partial charge in [-0.3, -0.25) is 4.99 Å². The predicted molar refractivity (Wildman–Crippen MR) is 126 cm³/mol. The first-order chi connectivity index (χ1) is 16.3. The summed E-state index contributed by atoms with van der Waals surface area (Å²) in [5.74, 6) is -0.420. The lowest BCUT2D eigenvalue weighted by Crippen LogP contribution is -2.50. The van der Waals surface area contributed by atoms with Gasteiger partial charge in [0, 0.05) is 57.3 Å². The number of halogens is 3. The number of benzene rings is 2. The number of alkyl halides is 3. The third-order valence-corrected chi connectivity index (χ3v) is 5.40. The molecule has 2 N–H and O–H groups in total. The van der Waals surface area contributed by atoms with E-state index in [-0.39, 0.29) is 5.56 Å². The highest BCUT2D eigenvalue weighted by molar-refractivity contribution is 5.96. The van der Waals surface area contributed by atoms with Gasteiger partial charge in [-0.25, -0.2) is 4.79 Å². The minimum atomic E-state index is -4.38. The lowest BCUT2D eigenvalue weighted by atomic mass is 10.1. The fraction of sp³-hybridized carbons (Fsp3) is 0.417. The van der Waals surface area contributed by atoms with Crippen LogP contribution in [0.1, 0.15) is 29.3 Å². The number of carboxylic acids is 1. The molecule has 34 heavy (non-hydrogen) atoms. The first-order valence-corrected chi connectivity index (χ1v) is 11.2. The summed E-state index contributed by atoms with van der Waals surface area (Å²) in [6, 6.07) is 11.8. The molecule has 0 radical (unpaired) electrons. The third kappa shape index (κ3) is 7.11. The summed E-state index contributed by atoms with van der Waals surface area (Å²) >= 11 is 0. The summed E-state index contributed by atoms with van der Waals surface area (Å²) in [5, 5.41) is 12.5. The standard InChI is InChI=1S/C24H29F3N4O3/c1-2-34-15-5-10-28-23(29-20-8-3-6-18(16-20)22(32)33)31-13-11-30(12-14-31)21-9-4-7-19(17-21)24(25,26)27/h3-4,6-9,16-17H,2,5,10-15H2,1H3,(H,28,29)(H,32,33). The van der Waals surface area contributed by atoms with Gasteiger partial charge in [0.2, 0.25) is 0 Å². The van der Waals surface area contributed by atoms with Crippen LogP contribution in [0.15, 0.2) is 53.5 Å². The first kappa shape index (κ1) is 25.4. The Hall–Kier alpha value is -3.27. The molecule has 0 bridgehead atoms. The number of carboxylic acid groups (broad SMARTS) is 1. The van der Waals surface area contributed by atoms with Crippen LogP contribution in [0.5, 0.6) is 0 Å². The Balaban J connectivity index is 1.70. The van der Waals surface area contributed by atoms with Crippen molar-refractivity contribution in [3.8, 4) is 0 Å². The zero-order valence-corrected chi connectivity index (χ0v) is 19.0. The smallest absolute Gasteiger partial charge is 0.416 e. The van der Waals surface area contributed by atoms with Crippen molar-refractivity contribution >= 4 is 23.3 Å². The molecule has 0 unspecified atom stereocenters. The van der Waals surface area contributed by atoms with Gasteiger partial charge in [0.25, 0.3) is 0 Å². The zero-order valence-electron chi connectivity index (χ0n) is 19.0. The fourth-order valence-electron chi connectivity index (χ4n) is 3.63. The lowest BCUT2D eigenvalue weighted by molar-refractivity contribution is -0.137. The van der Waals surface area contributed by atoms with Crippen LogP contribution in [0.3, 0.4) is 0 Å². The van der Waals surface area contributed by atoms with E-state index in [0.29, 0.717) is 63.3 Å². The van der Waals surface area contributed by atoms with Gasteiger partial charge >= 0.3 is 12.1 Å². The average molecular weight is 479 g/mol. The Labute approximate surface area is 196 Å². The van der Waals surface area contributed by atoms with Gasteiger partial charge < -0.3 is 25.0 Å². The number of rotatable bonds is 8. The zero-order chi connectivity index (χ0) is 24.6. The Kier molecular flexibility index (Phi) is 8.75. The van der Waals surface area contributed by atoms with Crippen molar-refractivity contribution < 1.29 is 27.8 Å². The van der Waals surface area contributed by atoms with Crippen LogP contribution < -0.4 is 10.2 Å². The van der Waals surface area contributed by atoms with E-state index in [9.17, 15) is 23.1 Å². The Morgan fingerprint density at radius 2 is 1.85 bits per heavy atom. The van der Waals surface area contributed by atoms with Crippen molar-refractivity contribution in [2.75, 3.05) is 56.2 Å². The maximum atomic E-state index is 13.1. The molecule has 10 heteroatoms. The van der Waals surface area contributed by atoms with Crippen LogP contribution >= 0.6 is 0 Å². The predicted octanol–water partition coefficient (Wildman–Crippen LogP) is 4.42. The quantitative estimate of drug-likeness (QED) is 0.332. The Morgan fingerprint density at radius 1 is 1.12 bits per heavy atom. The number of piperazine rings is 1. The van der Waals surface area contributed by atoms with Crippen molar-refractivity contribution in [1.82, 2.24) is 4.90 Å². The molecule has 7 nitrogen and oxygen atoms in total. The molecule has 0 amide bonds. The molecule has 1 fully saturated rings. The van der Waals surface area contributed by atoms with Crippen molar-refractivity contribution in [3.05, 3.63) is 59.7 Å². The number of anilines is 2. The first-order valence-electron chi connectivity index (χ1n) is 11.2. The highest BCUT2D eigenvalue weighted by Gasteiger charge is 2.31. The van der Waals surface area contributed by atoms with E-state index in [2.05, 4.69) is 10.3 Å². The van der Waals surface area contributed by atoms with E-state index < -0.39 is 17.7 Å². The Morgan fingerprint density at radius 3 is 2.53 bits per heavy atom. The molecule has 184 valence electrons. The highest BCUT2D eigenvalue weighted by Crippen LogP contribution is 2.32. The summed E-state index contributed by atoms with van der Waals surface area (Å²) in [5.41, 5.74) is 0.634. The third-order valence-electron chi connectivity index (χ3n) is 5.40. The van der Waals surface area contributed by atoms with Crippen molar-refractivity contribution in [2.24, 2.45) is 4.99 Å². The number of hydrogen-bond donors (Lipinski definition) is 2. The topological polar surface area (TPSA) is 77.4 Å². The Bertz CT molecular complexity index is 989. The summed E-state index contributed by atoms with van der Waals surface area (Å²) < 4.78 is 44.6. The molecular formula is C24H29F3N4O3. The van der Waals surface area contributed by atoms with Crippen LogP contribution in [0.2, 0.25) is 0 Å². The molecule has 0 spiro atoms. The van der Waals surface area contributed by atoms with Gasteiger partial charge in [-0.1, -0.05) is 12.1 Å². The van der Waals surface area contributed by atoms with Crippen LogP contribution in [0.4, 0.5) is 24.5 Å². The summed E-state index contributed by atoms with van der Waals surface area (Å²) in [6.45, 7) is 5.81. The average Bonchev–Trinajstić information content (AvgIpc) is 2.83. The summed E-state index contributed by atoms with van der Waals surface area (Å²) in [6.07, 6.45) is -3.65. The van der Waals surface area contributed by atoms with E-state index >= 15 is 0 Å². The van der Waals surface area contributed by atoms with Gasteiger partial charge in [-0.05, 0) is 49.7 Å². The second-order valence-corrected chi connectivity index (χ2v) is 7.79. The maximum absolute atomic E-state index is 13.1. The minimum absolute atomic E-state index is 0.162. The molecule has 0 atom stereocenters. The lowest BCUT2D eigenvalue weighted by Gasteiger charge is -2.38. The number of hydrogen-bond acceptors (Lipinski definition) is 4. The van der Waals surface area contributed by atoms with Crippen LogP contribution in [0.25, 0.3) is 0 Å². The van der Waals surface area contributed by atoms with Crippen LogP contribution in [-0.4, -0.2) is 67.9 Å². The largest absolute Gasteiger partial charge is 0.478 e. The molecule has 0 aromatic heterocycles. The van der Waals surface area contributed by atoms with Gasteiger partial charge in [0.1, 0.15) is 0 Å². The molecule has 2 aromatic carbocycles. The van der Waals surface area contributed by atoms with E-state index in [1.807, 2.05) is 16.7 Å². The van der Waals surface area contributed by atoms with Crippen molar-refractivity contribution in [3.63, 3.8) is 0 Å². The number of carbonyl (C=O) groups is 1.